The summed E-state index contributed by atoms with van der Waals surface area (Å²) in [5.74, 6) is -1.55. The number of anilines is 1. The number of alkyl halides is 3. The third-order valence-corrected chi connectivity index (χ3v) is 3.30. The molecule has 3 aromatic rings. The minimum Gasteiger partial charge on any atom is -0.491 e. The highest BCUT2D eigenvalue weighted by atomic mass is 19.4. The molecule has 1 atom stereocenters. The number of aliphatic hydroxyl groups is 1. The molecule has 0 saturated heterocycles. The van der Waals surface area contributed by atoms with Crippen molar-refractivity contribution in [1.29, 1.82) is 0 Å². The summed E-state index contributed by atoms with van der Waals surface area (Å²) in [5.41, 5.74) is 0.0385. The van der Waals surface area contributed by atoms with Gasteiger partial charge in [0.25, 0.3) is 0 Å². The molecule has 0 amide bonds. The molecule has 0 fully saturated rings. The summed E-state index contributed by atoms with van der Waals surface area (Å²) in [4.78, 5) is 13.1. The fourth-order valence-electron chi connectivity index (χ4n) is 2.08. The van der Waals surface area contributed by atoms with Crippen LogP contribution in [0.25, 0.3) is 11.2 Å². The van der Waals surface area contributed by atoms with Crippen LogP contribution in [0.15, 0.2) is 30.6 Å². The zero-order valence-electron chi connectivity index (χ0n) is 13.1. The Bertz CT molecular complexity index is 882. The van der Waals surface area contributed by atoms with Crippen LogP contribution in [0.1, 0.15) is 5.82 Å². The molecule has 26 heavy (non-hydrogen) atoms. The van der Waals surface area contributed by atoms with E-state index in [4.69, 9.17) is 4.74 Å². The number of imidazole rings is 1. The van der Waals surface area contributed by atoms with E-state index in [9.17, 15) is 22.7 Å². The molecule has 0 bridgehead atoms. The quantitative estimate of drug-likeness (QED) is 0.576. The van der Waals surface area contributed by atoms with Crippen LogP contribution in [-0.4, -0.2) is 44.3 Å². The van der Waals surface area contributed by atoms with Gasteiger partial charge in [-0.2, -0.15) is 13.2 Å². The Morgan fingerprint density at radius 1 is 1.19 bits per heavy atom. The van der Waals surface area contributed by atoms with Crippen molar-refractivity contribution < 1.29 is 27.4 Å². The van der Waals surface area contributed by atoms with Crippen molar-refractivity contribution in [2.75, 3.05) is 18.5 Å². The number of ether oxygens (including phenoxy) is 1. The summed E-state index contributed by atoms with van der Waals surface area (Å²) in [5, 5.41) is 12.5. The predicted molar refractivity (Wildman–Crippen MR) is 83.1 cm³/mol. The molecule has 0 radical (unpaired) electrons. The Balaban J connectivity index is 1.65. The van der Waals surface area contributed by atoms with E-state index >= 15 is 0 Å². The molecule has 3 rings (SSSR count). The summed E-state index contributed by atoms with van der Waals surface area (Å²) < 4.78 is 56.6. The number of aliphatic hydroxyl groups excluding tert-OH is 1. The number of nitrogens with one attached hydrogen (secondary N) is 2. The van der Waals surface area contributed by atoms with Crippen LogP contribution in [0.5, 0.6) is 5.75 Å². The molecule has 0 aliphatic carbocycles. The maximum absolute atomic E-state index is 12.9. The number of nitrogens with zero attached hydrogens (tertiary/aromatic N) is 3. The zero-order valence-corrected chi connectivity index (χ0v) is 13.1. The van der Waals surface area contributed by atoms with Gasteiger partial charge in [0.2, 0.25) is 5.82 Å². The van der Waals surface area contributed by atoms with E-state index in [1.807, 2.05) is 0 Å². The number of halogens is 4. The molecule has 0 spiro atoms. The summed E-state index contributed by atoms with van der Waals surface area (Å²) in [7, 11) is 0. The van der Waals surface area contributed by atoms with Gasteiger partial charge in [0.05, 0.1) is 6.33 Å². The Morgan fingerprint density at radius 2 is 1.92 bits per heavy atom. The van der Waals surface area contributed by atoms with Gasteiger partial charge in [-0.15, -0.1) is 0 Å². The van der Waals surface area contributed by atoms with Crippen LogP contribution in [0, 0.1) is 5.82 Å². The molecular formula is C15H13F4N5O2. The van der Waals surface area contributed by atoms with E-state index in [1.54, 1.807) is 0 Å². The molecule has 0 saturated carbocycles. The Kier molecular flexibility index (Phi) is 4.89. The second-order valence-corrected chi connectivity index (χ2v) is 5.29. The van der Waals surface area contributed by atoms with E-state index in [1.165, 1.54) is 30.6 Å². The highest BCUT2D eigenvalue weighted by molar-refractivity contribution is 5.82. The van der Waals surface area contributed by atoms with Crippen molar-refractivity contribution in [3.63, 3.8) is 0 Å². The SMILES string of the molecule is OC(CNc1nc(C(F)(F)F)nc2nc[nH]c12)COc1ccc(F)cc1. The summed E-state index contributed by atoms with van der Waals surface area (Å²) in [6.07, 6.45) is -4.59. The summed E-state index contributed by atoms with van der Waals surface area (Å²) >= 11 is 0. The van der Waals surface area contributed by atoms with Crippen LogP contribution in [0.4, 0.5) is 23.4 Å². The molecule has 2 aromatic heterocycles. The molecule has 3 N–H and O–H groups in total. The van der Waals surface area contributed by atoms with Gasteiger partial charge < -0.3 is 20.1 Å². The van der Waals surface area contributed by atoms with Crippen LogP contribution in [-0.2, 0) is 6.18 Å². The van der Waals surface area contributed by atoms with Crippen LogP contribution in [0.3, 0.4) is 0 Å². The van der Waals surface area contributed by atoms with E-state index in [0.29, 0.717) is 5.75 Å². The Labute approximate surface area is 144 Å². The lowest BCUT2D eigenvalue weighted by atomic mass is 10.3. The van der Waals surface area contributed by atoms with E-state index in [0.717, 1.165) is 0 Å². The van der Waals surface area contributed by atoms with Crippen LogP contribution >= 0.6 is 0 Å². The number of H-pyrrole nitrogens is 1. The topological polar surface area (TPSA) is 96.0 Å². The second-order valence-electron chi connectivity index (χ2n) is 5.29. The average Bonchev–Trinajstić information content (AvgIpc) is 3.07. The molecular weight excluding hydrogens is 358 g/mol. The minimum atomic E-state index is -4.73. The third kappa shape index (κ3) is 4.17. The monoisotopic (exact) mass is 371 g/mol. The molecule has 1 aromatic carbocycles. The first-order valence-corrected chi connectivity index (χ1v) is 7.41. The van der Waals surface area contributed by atoms with Crippen molar-refractivity contribution in [2.45, 2.75) is 12.3 Å². The van der Waals surface area contributed by atoms with E-state index in [2.05, 4.69) is 25.3 Å². The van der Waals surface area contributed by atoms with Crippen molar-refractivity contribution in [3.8, 4) is 5.75 Å². The number of rotatable bonds is 6. The standard InChI is InChI=1S/C15H13F4N5O2/c16-8-1-3-10(4-2-8)26-6-9(25)5-20-12-11-13(22-7-21-11)24-14(23-12)15(17,18)19/h1-4,7,9,25H,5-6H2,(H2,20,21,22,23,24). The number of fused-ring (bicyclic) bond motifs is 1. The van der Waals surface area contributed by atoms with E-state index < -0.39 is 23.9 Å². The molecule has 138 valence electrons. The highest BCUT2D eigenvalue weighted by Gasteiger charge is 2.36. The fraction of sp³-hybridized carbons (Fsp3) is 0.267. The minimum absolute atomic E-state index is 0.135. The first kappa shape index (κ1) is 17.9. The Hall–Kier alpha value is -2.95. The lowest BCUT2D eigenvalue weighted by molar-refractivity contribution is -0.144. The van der Waals surface area contributed by atoms with E-state index in [-0.39, 0.29) is 30.1 Å². The van der Waals surface area contributed by atoms with Gasteiger partial charge in [-0.05, 0) is 24.3 Å². The predicted octanol–water partition coefficient (Wildman–Crippen LogP) is 2.36. The zero-order chi connectivity index (χ0) is 18.7. The van der Waals surface area contributed by atoms with Crippen molar-refractivity contribution in [2.24, 2.45) is 0 Å². The number of aromatic amines is 1. The van der Waals surface area contributed by atoms with Gasteiger partial charge in [-0.25, -0.2) is 19.3 Å². The highest BCUT2D eigenvalue weighted by Crippen LogP contribution is 2.29. The average molecular weight is 371 g/mol. The second kappa shape index (κ2) is 7.12. The molecule has 7 nitrogen and oxygen atoms in total. The fourth-order valence-corrected chi connectivity index (χ4v) is 2.08. The van der Waals surface area contributed by atoms with Gasteiger partial charge in [-0.1, -0.05) is 0 Å². The molecule has 0 aliphatic heterocycles. The van der Waals surface area contributed by atoms with Crippen molar-refractivity contribution in [1.82, 2.24) is 19.9 Å². The maximum Gasteiger partial charge on any atom is 0.451 e. The van der Waals surface area contributed by atoms with Crippen molar-refractivity contribution >= 4 is 17.0 Å². The molecule has 1 unspecified atom stereocenters. The maximum atomic E-state index is 12.9. The normalized spacial score (nSPS) is 13.0. The largest absolute Gasteiger partial charge is 0.491 e. The van der Waals surface area contributed by atoms with Gasteiger partial charge in [-0.3, -0.25) is 0 Å². The van der Waals surface area contributed by atoms with Gasteiger partial charge in [0.1, 0.15) is 29.8 Å². The number of hydrogen-bond donors (Lipinski definition) is 3. The molecule has 2 heterocycles. The van der Waals surface area contributed by atoms with Gasteiger partial charge >= 0.3 is 6.18 Å². The first-order chi connectivity index (χ1) is 12.3. The van der Waals surface area contributed by atoms with Gasteiger partial charge in [0.15, 0.2) is 11.5 Å². The summed E-state index contributed by atoms with van der Waals surface area (Å²) in [6, 6.07) is 5.19. The lowest BCUT2D eigenvalue weighted by Crippen LogP contribution is -2.27. The smallest absolute Gasteiger partial charge is 0.451 e. The molecule has 0 aliphatic rings. The van der Waals surface area contributed by atoms with Crippen molar-refractivity contribution in [3.05, 3.63) is 42.2 Å². The van der Waals surface area contributed by atoms with Crippen LogP contribution in [0.2, 0.25) is 0 Å². The van der Waals surface area contributed by atoms with Gasteiger partial charge in [0, 0.05) is 6.54 Å². The number of benzene rings is 1. The van der Waals surface area contributed by atoms with Crippen LogP contribution < -0.4 is 10.1 Å². The number of hydrogen-bond acceptors (Lipinski definition) is 6. The first-order valence-electron chi connectivity index (χ1n) is 7.41. The summed E-state index contributed by atoms with van der Waals surface area (Å²) in [6.45, 7) is -0.286. The number of aromatic nitrogens is 4. The Morgan fingerprint density at radius 3 is 2.62 bits per heavy atom. The molecule has 11 heteroatoms. The third-order valence-electron chi connectivity index (χ3n) is 3.30. The lowest BCUT2D eigenvalue weighted by Gasteiger charge is -2.14.